The van der Waals surface area contributed by atoms with Crippen LogP contribution in [0.4, 0.5) is 5.69 Å². The number of anilines is 1. The van der Waals surface area contributed by atoms with Gasteiger partial charge in [0.1, 0.15) is 0 Å². The van der Waals surface area contributed by atoms with Crippen LogP contribution in [0.1, 0.15) is 22.0 Å². The monoisotopic (exact) mass is 483 g/mol. The van der Waals surface area contributed by atoms with E-state index in [1.807, 2.05) is 36.4 Å². The molecule has 2 N–H and O–H groups in total. The van der Waals surface area contributed by atoms with Crippen LogP contribution in [0, 0.1) is 0 Å². The van der Waals surface area contributed by atoms with Crippen LogP contribution in [0.2, 0.25) is 0 Å². The lowest BCUT2D eigenvalue weighted by atomic mass is 9.93. The minimum absolute atomic E-state index is 0.0565. The van der Waals surface area contributed by atoms with Crippen molar-refractivity contribution in [1.29, 1.82) is 0 Å². The Balaban J connectivity index is 1.38. The number of hydrogen-bond donors (Lipinski definition) is 2. The highest BCUT2D eigenvalue weighted by atomic mass is 79.9. The van der Waals surface area contributed by atoms with Crippen molar-refractivity contribution < 1.29 is 9.59 Å². The van der Waals surface area contributed by atoms with Crippen molar-refractivity contribution in [2.45, 2.75) is 12.5 Å². The number of hydrogen-bond acceptors (Lipinski definition) is 4. The van der Waals surface area contributed by atoms with Gasteiger partial charge in [-0.05, 0) is 57.1 Å². The summed E-state index contributed by atoms with van der Waals surface area (Å²) in [6.07, 6.45) is 0.937. The maximum Gasteiger partial charge on any atom is 0.243 e. The van der Waals surface area contributed by atoms with Crippen LogP contribution in [0.25, 0.3) is 0 Å². The van der Waals surface area contributed by atoms with Crippen molar-refractivity contribution in [3.8, 4) is 0 Å². The number of rotatable bonds is 6. The van der Waals surface area contributed by atoms with Gasteiger partial charge in [0.05, 0.1) is 24.8 Å². The summed E-state index contributed by atoms with van der Waals surface area (Å²) in [6.45, 7) is 0.995. The number of thiophene rings is 1. The number of halogens is 1. The van der Waals surface area contributed by atoms with Crippen LogP contribution in [0.15, 0.2) is 70.5 Å². The summed E-state index contributed by atoms with van der Waals surface area (Å²) in [5, 5.41) is 7.68. The Morgan fingerprint density at radius 1 is 1.03 bits per heavy atom. The number of nitrogens with one attached hydrogen (secondary N) is 2. The van der Waals surface area contributed by atoms with Crippen molar-refractivity contribution in [2.75, 3.05) is 25.0 Å². The lowest BCUT2D eigenvalue weighted by Gasteiger charge is -2.35. The van der Waals surface area contributed by atoms with E-state index in [1.54, 1.807) is 17.4 Å². The first-order chi connectivity index (χ1) is 14.6. The average molecular weight is 484 g/mol. The molecule has 1 unspecified atom stereocenters. The highest BCUT2D eigenvalue weighted by Crippen LogP contribution is 2.37. The van der Waals surface area contributed by atoms with Crippen molar-refractivity contribution in [3.63, 3.8) is 0 Å². The van der Waals surface area contributed by atoms with Crippen molar-refractivity contribution in [3.05, 3.63) is 86.5 Å². The van der Waals surface area contributed by atoms with Crippen LogP contribution < -0.4 is 10.6 Å². The zero-order valence-electron chi connectivity index (χ0n) is 16.3. The number of nitrogens with zero attached hydrogens (tertiary/aromatic N) is 1. The fourth-order valence-electron chi connectivity index (χ4n) is 3.74. The van der Waals surface area contributed by atoms with Crippen molar-refractivity contribution in [1.82, 2.24) is 10.2 Å². The molecule has 0 bridgehead atoms. The Morgan fingerprint density at radius 3 is 2.60 bits per heavy atom. The smallest absolute Gasteiger partial charge is 0.243 e. The lowest BCUT2D eigenvalue weighted by molar-refractivity contribution is -0.125. The third-order valence-corrected chi connectivity index (χ3v) is 6.81. The molecule has 0 radical (unpaired) electrons. The molecule has 5 nitrogen and oxygen atoms in total. The number of benzene rings is 2. The average Bonchev–Trinajstić information content (AvgIpc) is 3.23. The maximum atomic E-state index is 12.6. The minimum atomic E-state index is -0.256. The summed E-state index contributed by atoms with van der Waals surface area (Å²) in [4.78, 5) is 28.4. The Bertz CT molecular complexity index is 1040. The van der Waals surface area contributed by atoms with E-state index in [1.165, 1.54) is 16.0 Å². The Kier molecular flexibility index (Phi) is 6.62. The number of para-hydroxylation sites is 1. The SMILES string of the molecule is O=C(CN1CCc2sccc2C1c1ccccc1)NCC(=O)Nc1ccccc1Br. The molecule has 1 aliphatic heterocycles. The van der Waals surface area contributed by atoms with Gasteiger partial charge in [0, 0.05) is 15.9 Å². The molecule has 0 fully saturated rings. The Labute approximate surface area is 188 Å². The maximum absolute atomic E-state index is 12.6. The van der Waals surface area contributed by atoms with Crippen LogP contribution in [-0.4, -0.2) is 36.3 Å². The molecule has 30 heavy (non-hydrogen) atoms. The summed E-state index contributed by atoms with van der Waals surface area (Å²) in [5.74, 6) is -0.412. The van der Waals surface area contributed by atoms with E-state index < -0.39 is 0 Å². The Morgan fingerprint density at radius 2 is 1.80 bits per heavy atom. The fourth-order valence-corrected chi connectivity index (χ4v) is 5.03. The summed E-state index contributed by atoms with van der Waals surface area (Å²) < 4.78 is 0.801. The molecular formula is C23H22BrN3O2S. The zero-order valence-corrected chi connectivity index (χ0v) is 18.7. The summed E-state index contributed by atoms with van der Waals surface area (Å²) in [7, 11) is 0. The third-order valence-electron chi connectivity index (χ3n) is 5.12. The molecule has 1 aromatic heterocycles. The van der Waals surface area contributed by atoms with Gasteiger partial charge in [0.25, 0.3) is 0 Å². The van der Waals surface area contributed by atoms with Gasteiger partial charge in [0.2, 0.25) is 11.8 Å². The van der Waals surface area contributed by atoms with Gasteiger partial charge in [-0.15, -0.1) is 11.3 Å². The number of carbonyl (C=O) groups is 2. The molecule has 0 saturated heterocycles. The minimum Gasteiger partial charge on any atom is -0.346 e. The molecule has 154 valence electrons. The van der Waals surface area contributed by atoms with E-state index in [0.29, 0.717) is 5.69 Å². The van der Waals surface area contributed by atoms with Gasteiger partial charge in [-0.1, -0.05) is 42.5 Å². The first-order valence-corrected chi connectivity index (χ1v) is 11.5. The number of amides is 2. The predicted octanol–water partition coefficient (Wildman–Crippen LogP) is 4.21. The molecule has 2 amide bonds. The summed E-state index contributed by atoms with van der Waals surface area (Å²) in [6, 6.07) is 19.9. The molecular weight excluding hydrogens is 462 g/mol. The van der Waals surface area contributed by atoms with E-state index in [0.717, 1.165) is 17.4 Å². The molecule has 0 saturated carbocycles. The Hall–Kier alpha value is -2.48. The van der Waals surface area contributed by atoms with Crippen molar-refractivity contribution >= 4 is 44.8 Å². The van der Waals surface area contributed by atoms with Gasteiger partial charge < -0.3 is 10.6 Å². The van der Waals surface area contributed by atoms with Gasteiger partial charge in [-0.25, -0.2) is 0 Å². The van der Waals surface area contributed by atoms with E-state index >= 15 is 0 Å². The third kappa shape index (κ3) is 4.80. The van der Waals surface area contributed by atoms with Gasteiger partial charge in [-0.3, -0.25) is 14.5 Å². The van der Waals surface area contributed by atoms with Crippen LogP contribution in [0.5, 0.6) is 0 Å². The van der Waals surface area contributed by atoms with Crippen molar-refractivity contribution in [2.24, 2.45) is 0 Å². The van der Waals surface area contributed by atoms with Crippen LogP contribution in [0.3, 0.4) is 0 Å². The molecule has 7 heteroatoms. The summed E-state index contributed by atoms with van der Waals surface area (Å²) >= 11 is 5.18. The molecule has 1 atom stereocenters. The molecule has 3 aromatic rings. The second-order valence-electron chi connectivity index (χ2n) is 7.14. The van der Waals surface area contributed by atoms with Crippen LogP contribution >= 0.6 is 27.3 Å². The largest absolute Gasteiger partial charge is 0.346 e. The van der Waals surface area contributed by atoms with E-state index in [9.17, 15) is 9.59 Å². The second kappa shape index (κ2) is 9.55. The van der Waals surface area contributed by atoms with E-state index in [4.69, 9.17) is 0 Å². The predicted molar refractivity (Wildman–Crippen MR) is 124 cm³/mol. The molecule has 2 aromatic carbocycles. The highest BCUT2D eigenvalue weighted by molar-refractivity contribution is 9.10. The standard InChI is InChI=1S/C23H22BrN3O2S/c24-18-8-4-5-9-19(18)26-21(28)14-25-22(29)15-27-12-10-20-17(11-13-30-20)23(27)16-6-2-1-3-7-16/h1-9,11,13,23H,10,12,14-15H2,(H,25,29)(H,26,28). The first-order valence-electron chi connectivity index (χ1n) is 9.78. The van der Waals surface area contributed by atoms with Gasteiger partial charge in [0.15, 0.2) is 0 Å². The lowest BCUT2D eigenvalue weighted by Crippen LogP contribution is -2.44. The summed E-state index contributed by atoms with van der Waals surface area (Å²) in [5.41, 5.74) is 3.13. The topological polar surface area (TPSA) is 61.4 Å². The number of fused-ring (bicyclic) bond motifs is 1. The highest BCUT2D eigenvalue weighted by Gasteiger charge is 2.30. The van der Waals surface area contributed by atoms with Crippen LogP contribution in [-0.2, 0) is 16.0 Å². The molecule has 0 aliphatic carbocycles. The normalized spacial score (nSPS) is 16.0. The van der Waals surface area contributed by atoms with Gasteiger partial charge in [-0.2, -0.15) is 0 Å². The molecule has 2 heterocycles. The molecule has 0 spiro atoms. The second-order valence-corrected chi connectivity index (χ2v) is 8.99. The molecule has 1 aliphatic rings. The zero-order chi connectivity index (χ0) is 20.9. The quantitative estimate of drug-likeness (QED) is 0.551. The fraction of sp³-hybridized carbons (Fsp3) is 0.217. The van der Waals surface area contributed by atoms with E-state index in [2.05, 4.69) is 55.0 Å². The number of carbonyl (C=O) groups excluding carboxylic acids is 2. The first kappa shape index (κ1) is 20.8. The van der Waals surface area contributed by atoms with E-state index in [-0.39, 0.29) is 30.9 Å². The van der Waals surface area contributed by atoms with Gasteiger partial charge >= 0.3 is 0 Å². The molecule has 4 rings (SSSR count).